The van der Waals surface area contributed by atoms with Crippen LogP contribution in [0, 0.1) is 0 Å². The summed E-state index contributed by atoms with van der Waals surface area (Å²) in [6, 6.07) is 3.01. The molecule has 0 atom stereocenters. The fourth-order valence-corrected chi connectivity index (χ4v) is 3.36. The van der Waals surface area contributed by atoms with Crippen molar-refractivity contribution >= 4 is 59.3 Å². The number of hydrogen-bond donors (Lipinski definition) is 0. The van der Waals surface area contributed by atoms with Crippen LogP contribution in [0.2, 0.25) is 5.02 Å². The van der Waals surface area contributed by atoms with E-state index in [-0.39, 0.29) is 37.9 Å². The summed E-state index contributed by atoms with van der Waals surface area (Å²) in [4.78, 5) is 36.5. The van der Waals surface area contributed by atoms with Crippen LogP contribution >= 0.6 is 23.4 Å². The van der Waals surface area contributed by atoms with Crippen LogP contribution < -0.4 is 10.9 Å². The SMILES string of the molecule is [B]c1ccc(Cl)c2c(=O)c(C(C)=O)c(SC)n(C(C)=O)c12. The normalized spacial score (nSPS) is 10.9. The fourth-order valence-electron chi connectivity index (χ4n) is 2.28. The van der Waals surface area contributed by atoms with E-state index in [9.17, 15) is 14.4 Å². The summed E-state index contributed by atoms with van der Waals surface area (Å²) < 4.78 is 1.28. The minimum absolute atomic E-state index is 0.0438. The Morgan fingerprint density at radius 1 is 1.29 bits per heavy atom. The standard InChI is InChI=1S/C14H11BClNO3S/c1-6(18)10-13(20)11-9(16)5-4-8(15)12(11)17(7(2)19)14(10)21-3/h4-5H,1-3H3. The molecule has 0 bridgehead atoms. The van der Waals surface area contributed by atoms with Gasteiger partial charge in [0.25, 0.3) is 0 Å². The summed E-state index contributed by atoms with van der Waals surface area (Å²) in [5.74, 6) is -0.763. The Bertz CT molecular complexity index is 844. The summed E-state index contributed by atoms with van der Waals surface area (Å²) >= 11 is 7.23. The topological polar surface area (TPSA) is 56.1 Å². The van der Waals surface area contributed by atoms with Gasteiger partial charge in [-0.15, -0.1) is 11.8 Å². The molecule has 0 saturated heterocycles. The third-order valence-corrected chi connectivity index (χ3v) is 4.20. The highest BCUT2D eigenvalue weighted by Gasteiger charge is 2.23. The number of aromatic nitrogens is 1. The van der Waals surface area contributed by atoms with E-state index in [4.69, 9.17) is 19.4 Å². The Morgan fingerprint density at radius 3 is 2.38 bits per heavy atom. The van der Waals surface area contributed by atoms with Crippen molar-refractivity contribution in [3.63, 3.8) is 0 Å². The zero-order valence-corrected chi connectivity index (χ0v) is 13.3. The number of hydrogen-bond acceptors (Lipinski definition) is 4. The van der Waals surface area contributed by atoms with E-state index in [1.807, 2.05) is 0 Å². The van der Waals surface area contributed by atoms with Gasteiger partial charge in [0.2, 0.25) is 11.3 Å². The molecular weight excluding hydrogens is 308 g/mol. The molecule has 0 aliphatic heterocycles. The lowest BCUT2D eigenvalue weighted by molar-refractivity contribution is 0.0931. The van der Waals surface area contributed by atoms with Gasteiger partial charge in [-0.2, -0.15) is 0 Å². The fraction of sp³-hybridized carbons (Fsp3) is 0.214. The van der Waals surface area contributed by atoms with Crippen LogP contribution in [-0.2, 0) is 0 Å². The third-order valence-electron chi connectivity index (χ3n) is 3.11. The molecule has 1 heterocycles. The van der Waals surface area contributed by atoms with E-state index in [1.54, 1.807) is 6.26 Å². The van der Waals surface area contributed by atoms with Crippen LogP contribution in [-0.4, -0.2) is 30.4 Å². The number of pyridine rings is 1. The average molecular weight is 320 g/mol. The predicted octanol–water partition coefficient (Wildman–Crippen LogP) is 2.03. The molecule has 0 aliphatic rings. The highest BCUT2D eigenvalue weighted by Crippen LogP contribution is 2.26. The van der Waals surface area contributed by atoms with Crippen LogP contribution in [0.1, 0.15) is 29.0 Å². The van der Waals surface area contributed by atoms with Gasteiger partial charge < -0.3 is 0 Å². The van der Waals surface area contributed by atoms with Gasteiger partial charge in [-0.1, -0.05) is 23.1 Å². The Morgan fingerprint density at radius 2 is 1.90 bits per heavy atom. The minimum Gasteiger partial charge on any atom is -0.294 e. The number of thioether (sulfide) groups is 1. The number of ketones is 1. The molecule has 1 aromatic heterocycles. The van der Waals surface area contributed by atoms with Crippen molar-refractivity contribution in [2.75, 3.05) is 6.26 Å². The second-order valence-corrected chi connectivity index (χ2v) is 5.69. The Balaban J connectivity index is 3.27. The van der Waals surface area contributed by atoms with Crippen molar-refractivity contribution in [3.8, 4) is 0 Å². The van der Waals surface area contributed by atoms with E-state index in [2.05, 4.69) is 0 Å². The maximum Gasteiger partial charge on any atom is 0.228 e. The van der Waals surface area contributed by atoms with Gasteiger partial charge in [-0.25, -0.2) is 0 Å². The molecule has 2 aromatic rings. The van der Waals surface area contributed by atoms with Crippen molar-refractivity contribution in [1.82, 2.24) is 4.57 Å². The lowest BCUT2D eigenvalue weighted by Crippen LogP contribution is -2.27. The maximum absolute atomic E-state index is 12.6. The monoisotopic (exact) mass is 319 g/mol. The number of carbonyl (C=O) groups is 2. The van der Waals surface area contributed by atoms with Crippen LogP contribution in [0.4, 0.5) is 0 Å². The molecule has 106 valence electrons. The number of halogens is 1. The molecule has 0 spiro atoms. The summed E-state index contributed by atoms with van der Waals surface area (Å²) in [6.45, 7) is 2.63. The van der Waals surface area contributed by atoms with Crippen LogP contribution in [0.25, 0.3) is 10.9 Å². The molecule has 0 fully saturated rings. The number of Topliss-reactive ketones (excluding diaryl/α,β-unsaturated/α-hetero) is 1. The van der Waals surface area contributed by atoms with E-state index in [1.165, 1.54) is 30.5 Å². The first kappa shape index (κ1) is 15.9. The second-order valence-electron chi connectivity index (χ2n) is 4.48. The van der Waals surface area contributed by atoms with Gasteiger partial charge in [0.15, 0.2) is 5.78 Å². The molecule has 0 aliphatic carbocycles. The largest absolute Gasteiger partial charge is 0.294 e. The molecule has 21 heavy (non-hydrogen) atoms. The van der Waals surface area contributed by atoms with E-state index in [0.29, 0.717) is 0 Å². The lowest BCUT2D eigenvalue weighted by atomic mass is 9.92. The highest BCUT2D eigenvalue weighted by atomic mass is 35.5. The second kappa shape index (κ2) is 5.69. The number of fused-ring (bicyclic) bond motifs is 1. The van der Waals surface area contributed by atoms with Crippen LogP contribution in [0.3, 0.4) is 0 Å². The summed E-state index contributed by atoms with van der Waals surface area (Å²) in [5.41, 5.74) is -0.0456. The first-order valence-corrected chi connectivity index (χ1v) is 7.64. The zero-order chi connectivity index (χ0) is 15.9. The summed E-state index contributed by atoms with van der Waals surface area (Å²) in [5, 5.41) is 0.533. The Kier molecular flexibility index (Phi) is 4.30. The highest BCUT2D eigenvalue weighted by molar-refractivity contribution is 7.98. The molecule has 0 N–H and O–H groups in total. The number of benzene rings is 1. The molecule has 4 nitrogen and oxygen atoms in total. The quantitative estimate of drug-likeness (QED) is 0.483. The van der Waals surface area contributed by atoms with Crippen molar-refractivity contribution in [1.29, 1.82) is 0 Å². The molecule has 0 amide bonds. The van der Waals surface area contributed by atoms with E-state index in [0.717, 1.165) is 11.8 Å². The van der Waals surface area contributed by atoms with Gasteiger partial charge in [0.05, 0.1) is 26.5 Å². The van der Waals surface area contributed by atoms with Crippen LogP contribution in [0.15, 0.2) is 22.0 Å². The minimum atomic E-state index is -0.503. The first-order chi connectivity index (χ1) is 9.81. The number of rotatable bonds is 2. The first-order valence-electron chi connectivity index (χ1n) is 6.03. The molecule has 0 saturated carbocycles. The summed E-state index contributed by atoms with van der Waals surface area (Å²) in [6.07, 6.45) is 1.69. The van der Waals surface area contributed by atoms with Crippen molar-refractivity contribution in [3.05, 3.63) is 32.9 Å². The van der Waals surface area contributed by atoms with Gasteiger partial charge in [-0.05, 0) is 19.2 Å². The zero-order valence-electron chi connectivity index (χ0n) is 11.7. The number of nitrogens with zero attached hydrogens (tertiary/aromatic N) is 1. The van der Waals surface area contributed by atoms with E-state index < -0.39 is 11.2 Å². The van der Waals surface area contributed by atoms with E-state index >= 15 is 0 Å². The smallest absolute Gasteiger partial charge is 0.228 e. The average Bonchev–Trinajstić information content (AvgIpc) is 2.40. The summed E-state index contributed by atoms with van der Waals surface area (Å²) in [7, 11) is 5.92. The van der Waals surface area contributed by atoms with Gasteiger partial charge in [0.1, 0.15) is 7.85 Å². The molecule has 7 heteroatoms. The van der Waals surface area contributed by atoms with Crippen molar-refractivity contribution in [2.24, 2.45) is 0 Å². The lowest BCUT2D eigenvalue weighted by Gasteiger charge is -2.17. The molecule has 0 unspecified atom stereocenters. The number of carbonyl (C=O) groups excluding carboxylic acids is 2. The predicted molar refractivity (Wildman–Crippen MR) is 86.7 cm³/mol. The molecular formula is C14H11BClNO3S. The third kappa shape index (κ3) is 2.42. The maximum atomic E-state index is 12.6. The van der Waals surface area contributed by atoms with Gasteiger partial charge >= 0.3 is 0 Å². The molecule has 2 rings (SSSR count). The van der Waals surface area contributed by atoms with Gasteiger partial charge in [0, 0.05) is 6.92 Å². The van der Waals surface area contributed by atoms with Gasteiger partial charge in [-0.3, -0.25) is 19.0 Å². The van der Waals surface area contributed by atoms with Crippen molar-refractivity contribution < 1.29 is 9.59 Å². The molecule has 2 radical (unpaired) electrons. The van der Waals surface area contributed by atoms with Crippen molar-refractivity contribution in [2.45, 2.75) is 18.9 Å². The van der Waals surface area contributed by atoms with Crippen LogP contribution in [0.5, 0.6) is 0 Å². The Hall–Kier alpha value is -1.53. The Labute approximate surface area is 131 Å². The molecule has 1 aromatic carbocycles.